The Balaban J connectivity index is 1.70. The van der Waals surface area contributed by atoms with E-state index in [1.54, 1.807) is 26.1 Å². The molecule has 5 nitrogen and oxygen atoms in total. The average molecular weight is 300 g/mol. The summed E-state index contributed by atoms with van der Waals surface area (Å²) in [7, 11) is 1.67. The molecule has 2 atom stereocenters. The number of aromatic nitrogens is 1. The lowest BCUT2D eigenvalue weighted by Gasteiger charge is -2.15. The first-order valence-electron chi connectivity index (χ1n) is 7.49. The van der Waals surface area contributed by atoms with Gasteiger partial charge in [-0.15, -0.1) is 0 Å². The maximum Gasteiger partial charge on any atom is 0.260 e. The highest BCUT2D eigenvalue weighted by Gasteiger charge is 2.36. The van der Waals surface area contributed by atoms with Gasteiger partial charge in [-0.05, 0) is 43.5 Å². The van der Waals surface area contributed by atoms with Crippen LogP contribution in [0.25, 0.3) is 0 Å². The quantitative estimate of drug-likeness (QED) is 0.944. The van der Waals surface area contributed by atoms with Crippen molar-refractivity contribution in [2.45, 2.75) is 32.7 Å². The SMILES string of the molecule is Cc1ccc(C(=O)N(C)Cc2ccc([C@@H]3C[C@@H]3C)o2)c(=O)[nH]1. The second-order valence-corrected chi connectivity index (χ2v) is 6.17. The van der Waals surface area contributed by atoms with Crippen LogP contribution < -0.4 is 5.56 Å². The van der Waals surface area contributed by atoms with Crippen molar-refractivity contribution in [2.75, 3.05) is 7.05 Å². The Bertz CT molecular complexity index is 759. The average Bonchev–Trinajstić information content (AvgIpc) is 3.01. The molecule has 1 fully saturated rings. The number of hydrogen-bond acceptors (Lipinski definition) is 3. The number of carbonyl (C=O) groups is 1. The fourth-order valence-corrected chi connectivity index (χ4v) is 2.65. The minimum atomic E-state index is -0.358. The third-order valence-electron chi connectivity index (χ3n) is 4.18. The zero-order chi connectivity index (χ0) is 15.9. The van der Waals surface area contributed by atoms with Crippen molar-refractivity contribution in [3.63, 3.8) is 0 Å². The number of nitrogens with zero attached hydrogens (tertiary/aromatic N) is 1. The smallest absolute Gasteiger partial charge is 0.260 e. The van der Waals surface area contributed by atoms with Crippen molar-refractivity contribution in [3.8, 4) is 0 Å². The van der Waals surface area contributed by atoms with Crippen LogP contribution in [0.1, 0.15) is 46.8 Å². The largest absolute Gasteiger partial charge is 0.464 e. The standard InChI is InChI=1S/C17H20N2O3/c1-10-8-14(10)15-7-5-12(22-15)9-19(3)17(21)13-6-4-11(2)18-16(13)20/h4-7,10,14H,8-9H2,1-3H3,(H,18,20)/t10-,14+/m0/s1. The van der Waals surface area contributed by atoms with Crippen molar-refractivity contribution in [1.29, 1.82) is 0 Å². The van der Waals surface area contributed by atoms with Gasteiger partial charge in [-0.2, -0.15) is 0 Å². The molecule has 0 unspecified atom stereocenters. The number of rotatable bonds is 4. The Morgan fingerprint density at radius 1 is 1.36 bits per heavy atom. The maximum absolute atomic E-state index is 12.4. The molecule has 0 bridgehead atoms. The summed E-state index contributed by atoms with van der Waals surface area (Å²) in [5, 5.41) is 0. The van der Waals surface area contributed by atoms with Crippen molar-refractivity contribution < 1.29 is 9.21 Å². The first kappa shape index (κ1) is 14.6. The number of carbonyl (C=O) groups excluding carboxylic acids is 1. The van der Waals surface area contributed by atoms with Gasteiger partial charge in [0.25, 0.3) is 11.5 Å². The number of aromatic amines is 1. The number of furan rings is 1. The number of nitrogens with one attached hydrogen (secondary N) is 1. The van der Waals surface area contributed by atoms with E-state index < -0.39 is 0 Å². The molecule has 5 heteroatoms. The van der Waals surface area contributed by atoms with Gasteiger partial charge in [0.1, 0.15) is 17.1 Å². The molecule has 3 rings (SSSR count). The number of aryl methyl sites for hydroxylation is 1. The molecule has 116 valence electrons. The second-order valence-electron chi connectivity index (χ2n) is 6.17. The van der Waals surface area contributed by atoms with E-state index in [1.165, 1.54) is 11.3 Å². The molecular weight excluding hydrogens is 280 g/mol. The zero-order valence-corrected chi connectivity index (χ0v) is 13.1. The molecule has 0 spiro atoms. The lowest BCUT2D eigenvalue weighted by molar-refractivity contribution is 0.0773. The zero-order valence-electron chi connectivity index (χ0n) is 13.1. The molecule has 1 saturated carbocycles. The molecular formula is C17H20N2O3. The van der Waals surface area contributed by atoms with E-state index in [0.717, 1.165) is 17.2 Å². The number of hydrogen-bond donors (Lipinski definition) is 1. The fraction of sp³-hybridized carbons (Fsp3) is 0.412. The van der Waals surface area contributed by atoms with Crippen molar-refractivity contribution in [1.82, 2.24) is 9.88 Å². The Labute approximate surface area is 128 Å². The minimum absolute atomic E-state index is 0.149. The topological polar surface area (TPSA) is 66.3 Å². The van der Waals surface area contributed by atoms with E-state index in [0.29, 0.717) is 18.4 Å². The lowest BCUT2D eigenvalue weighted by Crippen LogP contribution is -2.31. The summed E-state index contributed by atoms with van der Waals surface area (Å²) in [5.74, 6) is 2.64. The summed E-state index contributed by atoms with van der Waals surface area (Å²) in [6, 6.07) is 7.18. The van der Waals surface area contributed by atoms with Gasteiger partial charge in [-0.3, -0.25) is 9.59 Å². The summed E-state index contributed by atoms with van der Waals surface area (Å²) >= 11 is 0. The molecule has 0 saturated heterocycles. The van der Waals surface area contributed by atoms with Gasteiger partial charge in [-0.25, -0.2) is 0 Å². The van der Waals surface area contributed by atoms with Gasteiger partial charge in [-0.1, -0.05) is 6.92 Å². The lowest BCUT2D eigenvalue weighted by atomic mass is 10.2. The van der Waals surface area contributed by atoms with Crippen molar-refractivity contribution in [2.24, 2.45) is 5.92 Å². The van der Waals surface area contributed by atoms with Gasteiger partial charge in [0.2, 0.25) is 0 Å². The number of pyridine rings is 1. The van der Waals surface area contributed by atoms with Gasteiger partial charge in [0, 0.05) is 18.7 Å². The Morgan fingerprint density at radius 3 is 2.73 bits per heavy atom. The van der Waals surface area contributed by atoms with Gasteiger partial charge < -0.3 is 14.3 Å². The summed E-state index contributed by atoms with van der Waals surface area (Å²) < 4.78 is 5.80. The first-order chi connectivity index (χ1) is 10.5. The summed E-state index contributed by atoms with van der Waals surface area (Å²) in [5.41, 5.74) is 0.526. The highest BCUT2D eigenvalue weighted by molar-refractivity contribution is 5.93. The minimum Gasteiger partial charge on any atom is -0.464 e. The van der Waals surface area contributed by atoms with Crippen LogP contribution in [-0.2, 0) is 6.54 Å². The molecule has 1 aliphatic carbocycles. The highest BCUT2D eigenvalue weighted by Crippen LogP contribution is 2.47. The van der Waals surface area contributed by atoms with Gasteiger partial charge >= 0.3 is 0 Å². The van der Waals surface area contributed by atoms with Gasteiger partial charge in [0.05, 0.1) is 6.54 Å². The van der Waals surface area contributed by atoms with Crippen LogP contribution in [0.15, 0.2) is 33.5 Å². The number of H-pyrrole nitrogens is 1. The molecule has 1 aliphatic rings. The molecule has 0 radical (unpaired) electrons. The van der Waals surface area contributed by atoms with E-state index >= 15 is 0 Å². The number of amides is 1. The molecule has 2 aromatic rings. The maximum atomic E-state index is 12.4. The molecule has 1 N–H and O–H groups in total. The fourth-order valence-electron chi connectivity index (χ4n) is 2.65. The van der Waals surface area contributed by atoms with Crippen LogP contribution in [0.3, 0.4) is 0 Å². The first-order valence-corrected chi connectivity index (χ1v) is 7.49. The molecule has 1 amide bonds. The molecule has 0 aromatic carbocycles. The summed E-state index contributed by atoms with van der Waals surface area (Å²) in [4.78, 5) is 28.3. The Hall–Kier alpha value is -2.30. The highest BCUT2D eigenvalue weighted by atomic mass is 16.3. The third-order valence-corrected chi connectivity index (χ3v) is 4.18. The third kappa shape index (κ3) is 2.84. The molecule has 0 aliphatic heterocycles. The van der Waals surface area contributed by atoms with E-state index in [2.05, 4.69) is 11.9 Å². The summed E-state index contributed by atoms with van der Waals surface area (Å²) in [6.07, 6.45) is 1.17. The van der Waals surface area contributed by atoms with Crippen molar-refractivity contribution in [3.05, 3.63) is 57.4 Å². The summed E-state index contributed by atoms with van der Waals surface area (Å²) in [6.45, 7) is 4.34. The predicted molar refractivity (Wildman–Crippen MR) is 82.8 cm³/mol. The normalized spacial score (nSPS) is 20.0. The van der Waals surface area contributed by atoms with Crippen LogP contribution >= 0.6 is 0 Å². The van der Waals surface area contributed by atoms with Crippen LogP contribution in [0.2, 0.25) is 0 Å². The van der Waals surface area contributed by atoms with Crippen molar-refractivity contribution >= 4 is 5.91 Å². The second kappa shape index (κ2) is 5.48. The predicted octanol–water partition coefficient (Wildman–Crippen LogP) is 2.67. The monoisotopic (exact) mass is 300 g/mol. The molecule has 22 heavy (non-hydrogen) atoms. The van der Waals surface area contributed by atoms with E-state index in [1.807, 2.05) is 12.1 Å². The van der Waals surface area contributed by atoms with Gasteiger partial charge in [0.15, 0.2) is 0 Å². The van der Waals surface area contributed by atoms with E-state index in [-0.39, 0.29) is 17.0 Å². The molecule has 2 aromatic heterocycles. The Kier molecular flexibility index (Phi) is 3.64. The van der Waals surface area contributed by atoms with Crippen LogP contribution in [0.5, 0.6) is 0 Å². The molecule has 2 heterocycles. The van der Waals surface area contributed by atoms with Crippen LogP contribution in [-0.4, -0.2) is 22.8 Å². The van der Waals surface area contributed by atoms with E-state index in [9.17, 15) is 9.59 Å². The Morgan fingerprint density at radius 2 is 2.09 bits per heavy atom. The van der Waals surface area contributed by atoms with Crippen LogP contribution in [0.4, 0.5) is 0 Å². The van der Waals surface area contributed by atoms with Crippen LogP contribution in [0, 0.1) is 12.8 Å². The van der Waals surface area contributed by atoms with E-state index in [4.69, 9.17) is 4.42 Å².